The topological polar surface area (TPSA) is 23.5 Å². The van der Waals surface area contributed by atoms with Gasteiger partial charge < -0.3 is 23.9 Å². The second-order valence-corrected chi connectivity index (χ2v) is 2.43. The molecule has 1 heterocycles. The quantitative estimate of drug-likeness (QED) is 0.457. The Bertz CT molecular complexity index is 72.6. The van der Waals surface area contributed by atoms with Crippen LogP contribution in [-0.4, -0.2) is 36.2 Å². The summed E-state index contributed by atoms with van der Waals surface area (Å²) in [6.45, 7) is 7.44. The molecule has 0 unspecified atom stereocenters. The first-order chi connectivity index (χ1) is 5.43. The van der Waals surface area contributed by atoms with Crippen molar-refractivity contribution in [2.24, 2.45) is 0 Å². The minimum absolute atomic E-state index is 0. The molecule has 0 aromatic carbocycles. The van der Waals surface area contributed by atoms with Crippen LogP contribution in [0.25, 0.3) is 0 Å². The van der Waals surface area contributed by atoms with Crippen LogP contribution in [0.4, 0.5) is 0 Å². The van der Waals surface area contributed by atoms with Crippen molar-refractivity contribution in [3.63, 3.8) is 0 Å². The molecule has 1 N–H and O–H groups in total. The third kappa shape index (κ3) is 11.5. The fraction of sp³-hybridized carbons (Fsp3) is 0.800. The Morgan fingerprint density at radius 2 is 1.69 bits per heavy atom. The van der Waals surface area contributed by atoms with E-state index in [4.69, 9.17) is 5.11 Å². The van der Waals surface area contributed by atoms with Crippen LogP contribution < -0.4 is 51.4 Å². The van der Waals surface area contributed by atoms with Gasteiger partial charge in [0.25, 0.3) is 0 Å². The Hall–Kier alpha value is 1.56. The minimum atomic E-state index is 0. The van der Waals surface area contributed by atoms with E-state index in [9.17, 15) is 0 Å². The van der Waals surface area contributed by atoms with Crippen molar-refractivity contribution in [3.05, 3.63) is 13.8 Å². The van der Waals surface area contributed by atoms with Crippen molar-refractivity contribution < 1.29 is 56.5 Å². The maximum atomic E-state index is 8.57. The molecule has 2 nitrogen and oxygen atoms in total. The third-order valence-electron chi connectivity index (χ3n) is 1.72. The van der Waals surface area contributed by atoms with E-state index in [2.05, 4.69) is 11.3 Å². The van der Waals surface area contributed by atoms with Gasteiger partial charge in [0.15, 0.2) is 0 Å². The molecule has 0 aromatic rings. The van der Waals surface area contributed by atoms with Crippen molar-refractivity contribution in [2.75, 3.05) is 26.2 Å². The van der Waals surface area contributed by atoms with Gasteiger partial charge in [0, 0.05) is 6.54 Å². The summed E-state index contributed by atoms with van der Waals surface area (Å²) in [5.74, 6) is 0. The van der Waals surface area contributed by atoms with Crippen LogP contribution in [0.15, 0.2) is 0 Å². The van der Waals surface area contributed by atoms with E-state index >= 15 is 0 Å². The smallest absolute Gasteiger partial charge is 0.395 e. The monoisotopic (exact) mass is 212 g/mol. The fourth-order valence-corrected chi connectivity index (χ4v) is 1.17. The zero-order valence-corrected chi connectivity index (χ0v) is 12.8. The van der Waals surface area contributed by atoms with Crippen molar-refractivity contribution in [1.82, 2.24) is 4.90 Å². The second-order valence-electron chi connectivity index (χ2n) is 2.43. The molecular weight excluding hydrogens is 189 g/mol. The van der Waals surface area contributed by atoms with E-state index in [1.54, 1.807) is 0 Å². The van der Waals surface area contributed by atoms with E-state index in [1.165, 1.54) is 12.8 Å². The van der Waals surface area contributed by atoms with Crippen LogP contribution in [0.3, 0.4) is 0 Å². The van der Waals surface area contributed by atoms with Crippen LogP contribution in [0, 0.1) is 13.8 Å². The van der Waals surface area contributed by atoms with E-state index in [0.29, 0.717) is 6.61 Å². The Labute approximate surface area is 127 Å². The number of piperidine rings is 1. The zero-order chi connectivity index (χ0) is 8.53. The number of aliphatic hydroxyl groups excluding tert-OH is 1. The van der Waals surface area contributed by atoms with Gasteiger partial charge in [-0.2, -0.15) is 12.8 Å². The van der Waals surface area contributed by atoms with Gasteiger partial charge >= 0.3 is 51.4 Å². The number of β-amino-alcohol motifs (C(OH)–C–C–N with tert-alkyl or cyclic N) is 1. The van der Waals surface area contributed by atoms with Crippen LogP contribution >= 0.6 is 0 Å². The predicted molar refractivity (Wildman–Crippen MR) is 54.8 cm³/mol. The summed E-state index contributed by atoms with van der Waals surface area (Å²) in [7, 11) is 0. The summed E-state index contributed by atoms with van der Waals surface area (Å²) < 4.78 is 0. The van der Waals surface area contributed by atoms with Gasteiger partial charge in [-0.05, 0) is 13.1 Å². The number of hydrogen-bond acceptors (Lipinski definition) is 2. The number of hydrogen-bond donors (Lipinski definition) is 1. The van der Waals surface area contributed by atoms with Gasteiger partial charge in [-0.25, -0.2) is 0 Å². The van der Waals surface area contributed by atoms with Crippen molar-refractivity contribution >= 4 is 0 Å². The number of nitrogens with zero attached hydrogens (tertiary/aromatic N) is 1. The SMILES string of the molecule is CC.OCCN1CC[CH-]CC1.[CH3-].[K+]. The second kappa shape index (κ2) is 16.0. The summed E-state index contributed by atoms with van der Waals surface area (Å²) in [4.78, 5) is 2.29. The van der Waals surface area contributed by atoms with E-state index < -0.39 is 0 Å². The summed E-state index contributed by atoms with van der Waals surface area (Å²) in [6, 6.07) is 0. The number of rotatable bonds is 2. The molecule has 0 radical (unpaired) electrons. The van der Waals surface area contributed by atoms with Crippen LogP contribution in [0.1, 0.15) is 26.7 Å². The maximum absolute atomic E-state index is 8.57. The average Bonchev–Trinajstić information content (AvgIpc) is 2.11. The molecule has 0 spiro atoms. The van der Waals surface area contributed by atoms with Gasteiger partial charge in [0.1, 0.15) is 0 Å². The normalized spacial score (nSPS) is 15.9. The van der Waals surface area contributed by atoms with Crippen LogP contribution in [0.2, 0.25) is 0 Å². The average molecular weight is 212 g/mol. The van der Waals surface area contributed by atoms with Gasteiger partial charge in [-0.1, -0.05) is 13.8 Å². The Kier molecular flexibility index (Phi) is 24.7. The van der Waals surface area contributed by atoms with Crippen LogP contribution in [0.5, 0.6) is 0 Å². The summed E-state index contributed by atoms with van der Waals surface area (Å²) >= 11 is 0. The van der Waals surface area contributed by atoms with Crippen molar-refractivity contribution in [3.8, 4) is 0 Å². The molecule has 0 aliphatic carbocycles. The van der Waals surface area contributed by atoms with E-state index in [1.807, 2.05) is 13.8 Å². The molecule has 0 atom stereocenters. The van der Waals surface area contributed by atoms with Crippen molar-refractivity contribution in [1.29, 1.82) is 0 Å². The number of aliphatic hydroxyl groups is 1. The molecule has 0 saturated carbocycles. The Morgan fingerprint density at radius 3 is 2.08 bits per heavy atom. The molecule has 1 rings (SSSR count). The first-order valence-corrected chi connectivity index (χ1v) is 4.58. The van der Waals surface area contributed by atoms with Crippen molar-refractivity contribution in [2.45, 2.75) is 26.7 Å². The molecule has 76 valence electrons. The van der Waals surface area contributed by atoms with Gasteiger partial charge in [-0.3, -0.25) is 0 Å². The van der Waals surface area contributed by atoms with Gasteiger partial charge in [-0.15, -0.1) is 0 Å². The molecule has 1 fully saturated rings. The molecule has 1 aliphatic rings. The molecule has 0 bridgehead atoms. The standard InChI is InChI=1S/C7H14NO.C2H6.CH3.K/c9-7-6-8-4-2-1-3-5-8;1-2;;/h1,9H,2-7H2;1-2H3;1H3;/q-1;;-1;+1. The van der Waals surface area contributed by atoms with E-state index in [-0.39, 0.29) is 58.8 Å². The summed E-state index contributed by atoms with van der Waals surface area (Å²) in [5.41, 5.74) is 0. The van der Waals surface area contributed by atoms with E-state index in [0.717, 1.165) is 19.6 Å². The molecule has 1 aliphatic heterocycles. The predicted octanol–water partition coefficient (Wildman–Crippen LogP) is -1.24. The summed E-state index contributed by atoms with van der Waals surface area (Å²) in [5, 5.41) is 8.57. The molecule has 1 saturated heterocycles. The Balaban J connectivity index is -0.000000234. The molecule has 0 aromatic heterocycles. The first kappa shape index (κ1) is 20.0. The largest absolute Gasteiger partial charge is 1.00 e. The Morgan fingerprint density at radius 1 is 1.23 bits per heavy atom. The molecular formula is C10H23KNO-. The maximum Gasteiger partial charge on any atom is 1.00 e. The first-order valence-electron chi connectivity index (χ1n) is 4.58. The van der Waals surface area contributed by atoms with Gasteiger partial charge in [0.2, 0.25) is 0 Å². The molecule has 13 heavy (non-hydrogen) atoms. The zero-order valence-electron chi connectivity index (χ0n) is 9.71. The number of likely N-dealkylation sites (tertiary alicyclic amines) is 1. The van der Waals surface area contributed by atoms with Gasteiger partial charge in [0.05, 0.1) is 6.61 Å². The summed E-state index contributed by atoms with van der Waals surface area (Å²) in [6.07, 6.45) is 4.70. The third-order valence-corrected chi connectivity index (χ3v) is 1.72. The molecule has 0 amide bonds. The minimum Gasteiger partial charge on any atom is -0.395 e. The fourth-order valence-electron chi connectivity index (χ4n) is 1.17. The molecule has 3 heteroatoms. The van der Waals surface area contributed by atoms with Crippen LogP contribution in [-0.2, 0) is 0 Å².